The second kappa shape index (κ2) is 11.8. The Balaban J connectivity index is 1.94. The highest BCUT2D eigenvalue weighted by Crippen LogP contribution is 2.04. The minimum atomic E-state index is -0.284. The Morgan fingerprint density at radius 1 is 1.09 bits per heavy atom. The van der Waals surface area contributed by atoms with Crippen LogP contribution in [-0.4, -0.2) is 30.7 Å². The van der Waals surface area contributed by atoms with E-state index < -0.39 is 0 Å². The molecule has 128 valence electrons. The monoisotopic (exact) mass is 341 g/mol. The van der Waals surface area contributed by atoms with Crippen molar-refractivity contribution in [3.63, 3.8) is 0 Å². The van der Waals surface area contributed by atoms with E-state index in [-0.39, 0.29) is 18.3 Å². The van der Waals surface area contributed by atoms with Crippen LogP contribution in [0, 0.1) is 5.82 Å². The Kier molecular flexibility index (Phi) is 9.90. The first kappa shape index (κ1) is 19.3. The lowest BCUT2D eigenvalue weighted by molar-refractivity contribution is -0.126. The van der Waals surface area contributed by atoms with E-state index >= 15 is 0 Å². The molecule has 0 aliphatic heterocycles. The molecule has 0 unspecified atom stereocenters. The quantitative estimate of drug-likeness (QED) is 0.423. The highest BCUT2D eigenvalue weighted by molar-refractivity contribution is 7.80. The molecule has 0 aromatic heterocycles. The predicted octanol–water partition coefficient (Wildman–Crippen LogP) is 1.85. The first-order valence-corrected chi connectivity index (χ1v) is 8.11. The lowest BCUT2D eigenvalue weighted by Crippen LogP contribution is -2.29. The normalized spacial score (nSPS) is 10.3. The molecule has 23 heavy (non-hydrogen) atoms. The van der Waals surface area contributed by atoms with Gasteiger partial charge in [0.05, 0.1) is 6.61 Å². The number of carbonyl (C=O) groups is 1. The van der Waals surface area contributed by atoms with Gasteiger partial charge in [0, 0.05) is 13.1 Å². The molecule has 0 atom stereocenters. The van der Waals surface area contributed by atoms with Gasteiger partial charge in [-0.25, -0.2) is 4.39 Å². The maximum absolute atomic E-state index is 12.7. The standard InChI is InChI=1S/C16H24FN3O2S/c17-14-7-5-13(6-8-14)11-22-12-15(21)19-9-3-1-2-4-10-20-16(18)23/h5-8H,1-4,9-12H2,(H,19,21)(H3,18,20,23). The van der Waals surface area contributed by atoms with Gasteiger partial charge in [-0.1, -0.05) is 25.0 Å². The van der Waals surface area contributed by atoms with Crippen molar-refractivity contribution in [3.05, 3.63) is 35.6 Å². The van der Waals surface area contributed by atoms with E-state index in [2.05, 4.69) is 10.6 Å². The number of halogens is 1. The molecule has 7 heteroatoms. The minimum absolute atomic E-state index is 0.00917. The van der Waals surface area contributed by atoms with Crippen LogP contribution < -0.4 is 16.4 Å². The summed E-state index contributed by atoms with van der Waals surface area (Å²) in [5.41, 5.74) is 6.15. The van der Waals surface area contributed by atoms with E-state index in [1.807, 2.05) is 0 Å². The third kappa shape index (κ3) is 10.6. The van der Waals surface area contributed by atoms with Crippen LogP contribution in [0.3, 0.4) is 0 Å². The number of nitrogens with one attached hydrogen (secondary N) is 2. The van der Waals surface area contributed by atoms with Crippen molar-refractivity contribution in [2.24, 2.45) is 5.73 Å². The first-order chi connectivity index (χ1) is 11.1. The Morgan fingerprint density at radius 2 is 1.70 bits per heavy atom. The largest absolute Gasteiger partial charge is 0.376 e. The lowest BCUT2D eigenvalue weighted by atomic mass is 10.2. The van der Waals surface area contributed by atoms with Gasteiger partial charge in [-0.2, -0.15) is 0 Å². The number of ether oxygens (including phenoxy) is 1. The smallest absolute Gasteiger partial charge is 0.246 e. The zero-order valence-corrected chi connectivity index (χ0v) is 14.0. The molecular formula is C16H24FN3O2S. The first-order valence-electron chi connectivity index (χ1n) is 7.70. The summed E-state index contributed by atoms with van der Waals surface area (Å²) in [5.74, 6) is -0.421. The van der Waals surface area contributed by atoms with Gasteiger partial charge >= 0.3 is 0 Å². The number of unbranched alkanes of at least 4 members (excludes halogenated alkanes) is 3. The third-order valence-corrected chi connectivity index (χ3v) is 3.28. The molecule has 1 aromatic carbocycles. The predicted molar refractivity (Wildman–Crippen MR) is 92.3 cm³/mol. The number of rotatable bonds is 11. The lowest BCUT2D eigenvalue weighted by Gasteiger charge is -2.07. The Bertz CT molecular complexity index is 483. The topological polar surface area (TPSA) is 76.4 Å². The van der Waals surface area contributed by atoms with Crippen molar-refractivity contribution in [1.82, 2.24) is 10.6 Å². The van der Waals surface area contributed by atoms with Gasteiger partial charge in [-0.15, -0.1) is 0 Å². The van der Waals surface area contributed by atoms with Gasteiger partial charge in [0.15, 0.2) is 5.11 Å². The summed E-state index contributed by atoms with van der Waals surface area (Å²) in [6, 6.07) is 6.02. The fraction of sp³-hybridized carbons (Fsp3) is 0.500. The minimum Gasteiger partial charge on any atom is -0.376 e. The zero-order valence-electron chi connectivity index (χ0n) is 13.1. The molecular weight excluding hydrogens is 317 g/mol. The van der Waals surface area contributed by atoms with Crippen LogP contribution in [0.1, 0.15) is 31.2 Å². The average Bonchev–Trinajstić information content (AvgIpc) is 2.51. The van der Waals surface area contributed by atoms with Crippen LogP contribution in [0.2, 0.25) is 0 Å². The fourth-order valence-electron chi connectivity index (χ4n) is 1.94. The Labute approximate surface area is 141 Å². The fourth-order valence-corrected chi connectivity index (χ4v) is 2.04. The molecule has 0 spiro atoms. The Hall–Kier alpha value is -1.73. The van der Waals surface area contributed by atoms with Gasteiger partial charge in [-0.05, 0) is 42.8 Å². The molecule has 0 aliphatic rings. The number of amides is 1. The number of nitrogens with two attached hydrogens (primary N) is 1. The average molecular weight is 341 g/mol. The zero-order chi connectivity index (χ0) is 16.9. The summed E-state index contributed by atoms with van der Waals surface area (Å²) < 4.78 is 18.0. The van der Waals surface area contributed by atoms with E-state index in [9.17, 15) is 9.18 Å². The van der Waals surface area contributed by atoms with Gasteiger partial charge in [0.1, 0.15) is 12.4 Å². The molecule has 1 aromatic rings. The second-order valence-corrected chi connectivity index (χ2v) is 5.61. The molecule has 0 saturated heterocycles. The summed E-state index contributed by atoms with van der Waals surface area (Å²) in [6.07, 6.45) is 4.03. The molecule has 1 rings (SSSR count). The number of thiocarbonyl (C=S) groups is 1. The molecule has 0 saturated carbocycles. The third-order valence-electron chi connectivity index (χ3n) is 3.14. The van der Waals surface area contributed by atoms with Crippen molar-refractivity contribution >= 4 is 23.2 Å². The van der Waals surface area contributed by atoms with Crippen molar-refractivity contribution < 1.29 is 13.9 Å². The van der Waals surface area contributed by atoms with Crippen LogP contribution >= 0.6 is 12.2 Å². The Morgan fingerprint density at radius 3 is 2.30 bits per heavy atom. The maximum Gasteiger partial charge on any atom is 0.246 e. The molecule has 0 heterocycles. The summed E-state index contributed by atoms with van der Waals surface area (Å²) in [6.45, 7) is 1.74. The summed E-state index contributed by atoms with van der Waals surface area (Å²) >= 11 is 4.71. The molecule has 0 radical (unpaired) electrons. The van der Waals surface area contributed by atoms with Crippen molar-refractivity contribution in [3.8, 4) is 0 Å². The summed E-state index contributed by atoms with van der Waals surface area (Å²) in [4.78, 5) is 11.6. The van der Waals surface area contributed by atoms with E-state index in [0.29, 0.717) is 18.3 Å². The van der Waals surface area contributed by atoms with Crippen molar-refractivity contribution in [2.75, 3.05) is 19.7 Å². The van der Waals surface area contributed by atoms with Gasteiger partial charge in [0.25, 0.3) is 0 Å². The molecule has 5 nitrogen and oxygen atoms in total. The summed E-state index contributed by atoms with van der Waals surface area (Å²) in [5, 5.41) is 6.03. The number of benzene rings is 1. The van der Waals surface area contributed by atoms with Crippen LogP contribution in [0.15, 0.2) is 24.3 Å². The van der Waals surface area contributed by atoms with E-state index in [1.165, 1.54) is 12.1 Å². The van der Waals surface area contributed by atoms with Crippen molar-refractivity contribution in [1.29, 1.82) is 0 Å². The summed E-state index contributed by atoms with van der Waals surface area (Å²) in [7, 11) is 0. The molecule has 0 bridgehead atoms. The number of hydrogen-bond donors (Lipinski definition) is 3. The van der Waals surface area contributed by atoms with Crippen LogP contribution in [0.4, 0.5) is 4.39 Å². The number of carbonyl (C=O) groups excluding carboxylic acids is 1. The van der Waals surface area contributed by atoms with Gasteiger partial charge < -0.3 is 21.1 Å². The van der Waals surface area contributed by atoms with Gasteiger partial charge in [-0.3, -0.25) is 4.79 Å². The second-order valence-electron chi connectivity index (χ2n) is 5.17. The highest BCUT2D eigenvalue weighted by Gasteiger charge is 2.01. The maximum atomic E-state index is 12.7. The highest BCUT2D eigenvalue weighted by atomic mass is 32.1. The van der Waals surface area contributed by atoms with Crippen LogP contribution in [-0.2, 0) is 16.1 Å². The van der Waals surface area contributed by atoms with Crippen LogP contribution in [0.25, 0.3) is 0 Å². The number of hydrogen-bond acceptors (Lipinski definition) is 3. The van der Waals surface area contributed by atoms with Crippen LogP contribution in [0.5, 0.6) is 0 Å². The van der Waals surface area contributed by atoms with Gasteiger partial charge in [0.2, 0.25) is 5.91 Å². The van der Waals surface area contributed by atoms with E-state index in [4.69, 9.17) is 22.7 Å². The molecule has 0 fully saturated rings. The molecule has 1 amide bonds. The SMILES string of the molecule is NC(=S)NCCCCCCNC(=O)COCc1ccc(F)cc1. The van der Waals surface area contributed by atoms with E-state index in [1.54, 1.807) is 12.1 Å². The van der Waals surface area contributed by atoms with E-state index in [0.717, 1.165) is 37.8 Å². The molecule has 0 aliphatic carbocycles. The molecule has 4 N–H and O–H groups in total. The van der Waals surface area contributed by atoms with Crippen molar-refractivity contribution in [2.45, 2.75) is 32.3 Å².